The maximum Gasteiger partial charge on any atom is 0.0225 e. The first-order valence-electron chi connectivity index (χ1n) is 7.66. The Balaban J connectivity index is 1.86. The van der Waals surface area contributed by atoms with Crippen molar-refractivity contribution in [2.24, 2.45) is 0 Å². The van der Waals surface area contributed by atoms with Crippen molar-refractivity contribution >= 4 is 11.8 Å². The van der Waals surface area contributed by atoms with Crippen LogP contribution in [0, 0.1) is 13.8 Å². The highest BCUT2D eigenvalue weighted by Gasteiger charge is 2.24. The summed E-state index contributed by atoms with van der Waals surface area (Å²) in [5.74, 6) is 1.26. The average Bonchev–Trinajstić information content (AvgIpc) is 2.93. The van der Waals surface area contributed by atoms with Gasteiger partial charge in [-0.15, -0.1) is 0 Å². The number of thioether (sulfide) groups is 1. The van der Waals surface area contributed by atoms with Gasteiger partial charge >= 0.3 is 0 Å². The normalized spacial score (nSPS) is 23.2. The molecule has 1 saturated carbocycles. The number of nitrogens with zero attached hydrogens (tertiary/aromatic N) is 1. The van der Waals surface area contributed by atoms with Crippen molar-refractivity contribution in [3.63, 3.8) is 0 Å². The predicted molar refractivity (Wildman–Crippen MR) is 86.0 cm³/mol. The van der Waals surface area contributed by atoms with E-state index in [0.717, 1.165) is 24.4 Å². The van der Waals surface area contributed by atoms with E-state index >= 15 is 0 Å². The van der Waals surface area contributed by atoms with Crippen LogP contribution in [0.1, 0.15) is 50.1 Å². The Morgan fingerprint density at radius 1 is 1.32 bits per heavy atom. The molecule has 108 valence electrons. The summed E-state index contributed by atoms with van der Waals surface area (Å²) in [5.41, 5.74) is 4.30. The number of hydrogen-bond donors (Lipinski definition) is 1. The number of hydrogen-bond acceptors (Lipinski definition) is 2. The molecule has 1 fully saturated rings. The zero-order valence-corrected chi connectivity index (χ0v) is 13.6. The van der Waals surface area contributed by atoms with Crippen LogP contribution in [-0.4, -0.2) is 21.6 Å². The minimum absolute atomic E-state index is 0.730. The van der Waals surface area contributed by atoms with E-state index in [1.807, 2.05) is 0 Å². The first kappa shape index (κ1) is 15.0. The van der Waals surface area contributed by atoms with Crippen molar-refractivity contribution in [1.29, 1.82) is 0 Å². The van der Waals surface area contributed by atoms with Gasteiger partial charge in [-0.2, -0.15) is 11.8 Å². The lowest BCUT2D eigenvalue weighted by Gasteiger charge is -2.13. The van der Waals surface area contributed by atoms with Gasteiger partial charge in [-0.25, -0.2) is 0 Å². The third-order valence-corrected chi connectivity index (χ3v) is 5.60. The molecule has 0 saturated heterocycles. The first-order chi connectivity index (χ1) is 9.15. The zero-order chi connectivity index (χ0) is 13.8. The van der Waals surface area contributed by atoms with E-state index in [9.17, 15) is 0 Å². The highest BCUT2D eigenvalue weighted by atomic mass is 32.2. The molecule has 2 nitrogen and oxygen atoms in total. The summed E-state index contributed by atoms with van der Waals surface area (Å²) < 4.78 is 2.40. The monoisotopic (exact) mass is 280 g/mol. The van der Waals surface area contributed by atoms with Gasteiger partial charge in [0.15, 0.2) is 0 Å². The SMILES string of the molecule is CCSC1CCC(NCc2cc(C)n(CC)c2C)C1. The van der Waals surface area contributed by atoms with Crippen LogP contribution in [0.25, 0.3) is 0 Å². The molecule has 0 aliphatic heterocycles. The van der Waals surface area contributed by atoms with Crippen LogP contribution < -0.4 is 5.32 Å². The standard InChI is InChI=1S/C16H28N2S/c1-5-18-12(3)9-14(13(18)4)11-17-15-7-8-16(10-15)19-6-2/h9,15-17H,5-8,10-11H2,1-4H3. The molecule has 0 radical (unpaired) electrons. The second kappa shape index (κ2) is 6.85. The maximum atomic E-state index is 3.77. The fourth-order valence-electron chi connectivity index (χ4n) is 3.30. The van der Waals surface area contributed by atoms with Crippen LogP contribution in [0.2, 0.25) is 0 Å². The summed E-state index contributed by atoms with van der Waals surface area (Å²) in [4.78, 5) is 0. The molecular formula is C16H28N2S. The Morgan fingerprint density at radius 3 is 2.74 bits per heavy atom. The average molecular weight is 280 g/mol. The van der Waals surface area contributed by atoms with Gasteiger partial charge in [0.25, 0.3) is 0 Å². The van der Waals surface area contributed by atoms with Crippen LogP contribution in [-0.2, 0) is 13.1 Å². The molecule has 2 atom stereocenters. The molecule has 0 aromatic carbocycles. The Labute approximate surface area is 122 Å². The third-order valence-electron chi connectivity index (χ3n) is 4.36. The molecule has 2 rings (SSSR count). The van der Waals surface area contributed by atoms with Crippen LogP contribution in [0.5, 0.6) is 0 Å². The quantitative estimate of drug-likeness (QED) is 0.851. The fraction of sp³-hybridized carbons (Fsp3) is 0.750. The van der Waals surface area contributed by atoms with E-state index in [4.69, 9.17) is 0 Å². The van der Waals surface area contributed by atoms with E-state index in [-0.39, 0.29) is 0 Å². The molecule has 0 amide bonds. The minimum Gasteiger partial charge on any atom is -0.349 e. The number of aromatic nitrogens is 1. The summed E-state index contributed by atoms with van der Waals surface area (Å²) in [5, 5.41) is 4.66. The van der Waals surface area contributed by atoms with Gasteiger partial charge in [0.1, 0.15) is 0 Å². The van der Waals surface area contributed by atoms with E-state index in [2.05, 4.69) is 55.4 Å². The fourth-order valence-corrected chi connectivity index (χ4v) is 4.45. The van der Waals surface area contributed by atoms with Gasteiger partial charge in [-0.1, -0.05) is 6.92 Å². The van der Waals surface area contributed by atoms with E-state index < -0.39 is 0 Å². The molecule has 1 aromatic rings. The van der Waals surface area contributed by atoms with Crippen LogP contribution in [0.15, 0.2) is 6.07 Å². The molecule has 0 bridgehead atoms. The molecule has 1 aliphatic carbocycles. The minimum atomic E-state index is 0.730. The molecular weight excluding hydrogens is 252 g/mol. The van der Waals surface area contributed by atoms with Gasteiger partial charge in [-0.3, -0.25) is 0 Å². The number of nitrogens with one attached hydrogen (secondary N) is 1. The predicted octanol–water partition coefficient (Wildman–Crippen LogP) is 3.89. The highest BCUT2D eigenvalue weighted by molar-refractivity contribution is 7.99. The van der Waals surface area contributed by atoms with Crippen LogP contribution in [0.4, 0.5) is 0 Å². The summed E-state index contributed by atoms with van der Waals surface area (Å²) in [6, 6.07) is 3.08. The lowest BCUT2D eigenvalue weighted by Crippen LogP contribution is -2.26. The Bertz CT molecular complexity index is 411. The first-order valence-corrected chi connectivity index (χ1v) is 8.71. The molecule has 3 heteroatoms. The second-order valence-electron chi connectivity index (χ2n) is 5.61. The molecule has 1 aromatic heterocycles. The smallest absolute Gasteiger partial charge is 0.0225 e. The van der Waals surface area contributed by atoms with Crippen molar-refractivity contribution in [3.05, 3.63) is 23.0 Å². The zero-order valence-electron chi connectivity index (χ0n) is 12.8. The maximum absolute atomic E-state index is 3.77. The van der Waals surface area contributed by atoms with Crippen molar-refractivity contribution in [3.8, 4) is 0 Å². The molecule has 0 spiro atoms. The number of rotatable bonds is 6. The summed E-state index contributed by atoms with van der Waals surface area (Å²) >= 11 is 2.13. The van der Waals surface area contributed by atoms with E-state index in [1.165, 1.54) is 42.0 Å². The molecule has 1 heterocycles. The van der Waals surface area contributed by atoms with Gasteiger partial charge in [0.05, 0.1) is 0 Å². The summed E-state index contributed by atoms with van der Waals surface area (Å²) in [7, 11) is 0. The van der Waals surface area contributed by atoms with Crippen molar-refractivity contribution in [2.45, 2.75) is 71.3 Å². The summed E-state index contributed by atoms with van der Waals surface area (Å²) in [6.45, 7) is 11.1. The van der Waals surface area contributed by atoms with Gasteiger partial charge in [0, 0.05) is 35.8 Å². The topological polar surface area (TPSA) is 17.0 Å². The van der Waals surface area contributed by atoms with Crippen LogP contribution >= 0.6 is 11.8 Å². The molecule has 19 heavy (non-hydrogen) atoms. The molecule has 2 unspecified atom stereocenters. The van der Waals surface area contributed by atoms with E-state index in [1.54, 1.807) is 0 Å². The summed E-state index contributed by atoms with van der Waals surface area (Å²) in [6.07, 6.45) is 4.10. The van der Waals surface area contributed by atoms with Crippen molar-refractivity contribution < 1.29 is 0 Å². The Hall–Kier alpha value is -0.410. The number of aryl methyl sites for hydroxylation is 1. The van der Waals surface area contributed by atoms with Crippen molar-refractivity contribution in [1.82, 2.24) is 9.88 Å². The lowest BCUT2D eigenvalue weighted by molar-refractivity contribution is 0.523. The Morgan fingerprint density at radius 2 is 2.11 bits per heavy atom. The van der Waals surface area contributed by atoms with Gasteiger partial charge in [0.2, 0.25) is 0 Å². The van der Waals surface area contributed by atoms with Gasteiger partial charge in [-0.05, 0) is 57.4 Å². The van der Waals surface area contributed by atoms with Crippen molar-refractivity contribution in [2.75, 3.05) is 5.75 Å². The van der Waals surface area contributed by atoms with Gasteiger partial charge < -0.3 is 9.88 Å². The van der Waals surface area contributed by atoms with E-state index in [0.29, 0.717) is 0 Å². The Kier molecular flexibility index (Phi) is 5.40. The molecule has 1 N–H and O–H groups in total. The molecule has 1 aliphatic rings. The highest BCUT2D eigenvalue weighted by Crippen LogP contribution is 2.30. The third kappa shape index (κ3) is 3.57. The largest absolute Gasteiger partial charge is 0.349 e. The second-order valence-corrected chi connectivity index (χ2v) is 7.19. The lowest BCUT2D eigenvalue weighted by atomic mass is 10.2. The van der Waals surface area contributed by atoms with Crippen LogP contribution in [0.3, 0.4) is 0 Å².